The van der Waals surface area contributed by atoms with Crippen LogP contribution in [0.25, 0.3) is 0 Å². The zero-order chi connectivity index (χ0) is 14.1. The van der Waals surface area contributed by atoms with Gasteiger partial charge in [-0.2, -0.15) is 5.10 Å². The van der Waals surface area contributed by atoms with Crippen LogP contribution in [0.4, 0.5) is 0 Å². The predicted octanol–water partition coefficient (Wildman–Crippen LogP) is 3.80. The van der Waals surface area contributed by atoms with Gasteiger partial charge in [0.25, 0.3) is 0 Å². The van der Waals surface area contributed by atoms with Gasteiger partial charge in [0.2, 0.25) is 0 Å². The Labute approximate surface area is 124 Å². The summed E-state index contributed by atoms with van der Waals surface area (Å²) in [5, 5.41) is 8.91. The lowest BCUT2D eigenvalue weighted by atomic mass is 9.92. The Morgan fingerprint density at radius 1 is 1.35 bits per heavy atom. The molecular weight excluding hydrogens is 270 g/mol. The maximum atomic E-state index is 5.95. The van der Waals surface area contributed by atoms with E-state index >= 15 is 0 Å². The van der Waals surface area contributed by atoms with Crippen molar-refractivity contribution in [3.8, 4) is 0 Å². The van der Waals surface area contributed by atoms with Crippen molar-refractivity contribution < 1.29 is 0 Å². The molecule has 3 nitrogen and oxygen atoms in total. The van der Waals surface area contributed by atoms with E-state index in [0.29, 0.717) is 12.1 Å². The Bertz CT molecular complexity index is 588. The van der Waals surface area contributed by atoms with Gasteiger partial charge in [0.15, 0.2) is 0 Å². The van der Waals surface area contributed by atoms with E-state index in [9.17, 15) is 0 Å². The van der Waals surface area contributed by atoms with Gasteiger partial charge >= 0.3 is 0 Å². The lowest BCUT2D eigenvalue weighted by Gasteiger charge is -2.27. The van der Waals surface area contributed by atoms with Crippen LogP contribution in [0.15, 0.2) is 30.5 Å². The monoisotopic (exact) mass is 289 g/mol. The molecule has 1 aromatic carbocycles. The zero-order valence-electron chi connectivity index (χ0n) is 11.9. The summed E-state index contributed by atoms with van der Waals surface area (Å²) in [5.41, 5.74) is 4.00. The number of rotatable bonds is 3. The van der Waals surface area contributed by atoms with Crippen molar-refractivity contribution in [2.75, 3.05) is 0 Å². The minimum atomic E-state index is 0.309. The first-order valence-corrected chi connectivity index (χ1v) is 7.55. The summed E-state index contributed by atoms with van der Waals surface area (Å²) in [5.74, 6) is 0. The van der Waals surface area contributed by atoms with Gasteiger partial charge in [-0.15, -0.1) is 0 Å². The molecular formula is C16H20ClN3. The predicted molar refractivity (Wildman–Crippen MR) is 81.9 cm³/mol. The maximum Gasteiger partial charge on any atom is 0.0540 e. The number of aryl methyl sites for hydroxylation is 1. The van der Waals surface area contributed by atoms with E-state index in [1.165, 1.54) is 29.7 Å². The molecule has 1 aliphatic rings. The summed E-state index contributed by atoms with van der Waals surface area (Å²) in [6, 6.07) is 8.79. The molecule has 1 unspecified atom stereocenters. The third kappa shape index (κ3) is 2.60. The molecule has 0 aliphatic heterocycles. The standard InChI is InChI=1S/C16H20ClN3/c1-11(12-6-8-13(17)9-7-12)19-15-4-3-5-16-14(15)10-18-20(16)2/h6-11,15,19H,3-5H2,1-2H3/t11-,15?/m0/s1. The van der Waals surface area contributed by atoms with Crippen LogP contribution in [-0.4, -0.2) is 9.78 Å². The molecule has 0 radical (unpaired) electrons. The van der Waals surface area contributed by atoms with Gasteiger partial charge < -0.3 is 5.32 Å². The largest absolute Gasteiger partial charge is 0.303 e. The Kier molecular flexibility index (Phi) is 3.81. The molecule has 20 heavy (non-hydrogen) atoms. The normalized spacial score (nSPS) is 19.6. The van der Waals surface area contributed by atoms with Crippen molar-refractivity contribution in [3.05, 3.63) is 52.3 Å². The van der Waals surface area contributed by atoms with Gasteiger partial charge in [-0.3, -0.25) is 4.68 Å². The van der Waals surface area contributed by atoms with Crippen molar-refractivity contribution in [2.45, 2.75) is 38.3 Å². The quantitative estimate of drug-likeness (QED) is 0.931. The Morgan fingerprint density at radius 2 is 2.10 bits per heavy atom. The van der Waals surface area contributed by atoms with Crippen LogP contribution in [-0.2, 0) is 13.5 Å². The number of hydrogen-bond acceptors (Lipinski definition) is 2. The van der Waals surface area contributed by atoms with Crippen LogP contribution in [0.2, 0.25) is 5.02 Å². The molecule has 0 bridgehead atoms. The Morgan fingerprint density at radius 3 is 2.85 bits per heavy atom. The molecule has 106 valence electrons. The van der Waals surface area contributed by atoms with Crippen molar-refractivity contribution in [1.82, 2.24) is 15.1 Å². The van der Waals surface area contributed by atoms with Crippen LogP contribution >= 0.6 is 11.6 Å². The molecule has 1 N–H and O–H groups in total. The molecule has 4 heteroatoms. The van der Waals surface area contributed by atoms with Crippen molar-refractivity contribution in [3.63, 3.8) is 0 Å². The first-order chi connectivity index (χ1) is 9.65. The summed E-state index contributed by atoms with van der Waals surface area (Å²) >= 11 is 5.95. The van der Waals surface area contributed by atoms with E-state index < -0.39 is 0 Å². The van der Waals surface area contributed by atoms with Gasteiger partial charge in [0, 0.05) is 35.4 Å². The second-order valence-corrected chi connectivity index (χ2v) is 5.99. The molecule has 1 aliphatic carbocycles. The van der Waals surface area contributed by atoms with Gasteiger partial charge in [-0.25, -0.2) is 0 Å². The van der Waals surface area contributed by atoms with Crippen LogP contribution in [0, 0.1) is 0 Å². The SMILES string of the molecule is C[C@H](NC1CCCc2c1cnn2C)c1ccc(Cl)cc1. The molecule has 2 aromatic rings. The minimum Gasteiger partial charge on any atom is -0.303 e. The molecule has 1 aromatic heterocycles. The van der Waals surface area contributed by atoms with Crippen LogP contribution in [0.1, 0.15) is 48.7 Å². The second-order valence-electron chi connectivity index (χ2n) is 5.55. The van der Waals surface area contributed by atoms with Crippen LogP contribution in [0.3, 0.4) is 0 Å². The topological polar surface area (TPSA) is 29.9 Å². The number of benzene rings is 1. The lowest BCUT2D eigenvalue weighted by Crippen LogP contribution is -2.27. The van der Waals surface area contributed by atoms with E-state index in [4.69, 9.17) is 11.6 Å². The molecule has 0 amide bonds. The zero-order valence-corrected chi connectivity index (χ0v) is 12.7. The van der Waals surface area contributed by atoms with E-state index in [2.05, 4.69) is 29.5 Å². The highest BCUT2D eigenvalue weighted by Crippen LogP contribution is 2.31. The number of fused-ring (bicyclic) bond motifs is 1. The van der Waals surface area contributed by atoms with E-state index in [-0.39, 0.29) is 0 Å². The van der Waals surface area contributed by atoms with Gasteiger partial charge in [0.1, 0.15) is 0 Å². The first kappa shape index (κ1) is 13.7. The lowest BCUT2D eigenvalue weighted by molar-refractivity contribution is 0.411. The third-order valence-corrected chi connectivity index (χ3v) is 4.45. The molecule has 0 saturated heterocycles. The summed E-state index contributed by atoms with van der Waals surface area (Å²) in [6.45, 7) is 2.20. The highest BCUT2D eigenvalue weighted by atomic mass is 35.5. The average Bonchev–Trinajstić information content (AvgIpc) is 2.82. The summed E-state index contributed by atoms with van der Waals surface area (Å²) in [6.07, 6.45) is 5.55. The fourth-order valence-electron chi connectivity index (χ4n) is 3.03. The summed E-state index contributed by atoms with van der Waals surface area (Å²) < 4.78 is 2.01. The van der Waals surface area contributed by atoms with E-state index in [1.807, 2.05) is 30.1 Å². The van der Waals surface area contributed by atoms with Crippen molar-refractivity contribution in [2.24, 2.45) is 7.05 Å². The molecule has 0 fully saturated rings. The Hall–Kier alpha value is -1.32. The summed E-state index contributed by atoms with van der Waals surface area (Å²) in [7, 11) is 2.03. The minimum absolute atomic E-state index is 0.309. The fourth-order valence-corrected chi connectivity index (χ4v) is 3.15. The first-order valence-electron chi connectivity index (χ1n) is 7.17. The molecule has 2 atom stereocenters. The number of nitrogens with zero attached hydrogens (tertiary/aromatic N) is 2. The third-order valence-electron chi connectivity index (χ3n) is 4.20. The fraction of sp³-hybridized carbons (Fsp3) is 0.438. The van der Waals surface area contributed by atoms with Crippen molar-refractivity contribution >= 4 is 11.6 Å². The molecule has 0 spiro atoms. The number of halogens is 1. The molecule has 1 heterocycles. The highest BCUT2D eigenvalue weighted by molar-refractivity contribution is 6.30. The van der Waals surface area contributed by atoms with E-state index in [0.717, 1.165) is 11.4 Å². The molecule has 3 rings (SSSR count). The smallest absolute Gasteiger partial charge is 0.0540 e. The Balaban J connectivity index is 1.77. The number of hydrogen-bond donors (Lipinski definition) is 1. The van der Waals surface area contributed by atoms with Gasteiger partial charge in [-0.05, 0) is 43.9 Å². The van der Waals surface area contributed by atoms with Crippen LogP contribution < -0.4 is 5.32 Å². The number of nitrogens with one attached hydrogen (secondary N) is 1. The number of aromatic nitrogens is 2. The molecule has 0 saturated carbocycles. The van der Waals surface area contributed by atoms with Crippen molar-refractivity contribution in [1.29, 1.82) is 0 Å². The van der Waals surface area contributed by atoms with E-state index in [1.54, 1.807) is 0 Å². The second kappa shape index (κ2) is 5.58. The highest BCUT2D eigenvalue weighted by Gasteiger charge is 2.24. The maximum absolute atomic E-state index is 5.95. The average molecular weight is 290 g/mol. The van der Waals surface area contributed by atoms with Gasteiger partial charge in [-0.1, -0.05) is 23.7 Å². The summed E-state index contributed by atoms with van der Waals surface area (Å²) in [4.78, 5) is 0. The van der Waals surface area contributed by atoms with Gasteiger partial charge in [0.05, 0.1) is 6.20 Å². The van der Waals surface area contributed by atoms with Crippen LogP contribution in [0.5, 0.6) is 0 Å².